The Morgan fingerprint density at radius 2 is 2.14 bits per heavy atom. The number of hydrogen-bond donors (Lipinski definition) is 2. The Morgan fingerprint density at radius 3 is 2.76 bits per heavy atom. The summed E-state index contributed by atoms with van der Waals surface area (Å²) in [4.78, 5) is 37.7. The van der Waals surface area contributed by atoms with Crippen molar-refractivity contribution in [2.45, 2.75) is 25.8 Å². The van der Waals surface area contributed by atoms with Crippen LogP contribution in [0.15, 0.2) is 0 Å². The van der Waals surface area contributed by atoms with Gasteiger partial charge < -0.3 is 25.0 Å². The lowest BCUT2D eigenvalue weighted by Crippen LogP contribution is -2.58. The van der Waals surface area contributed by atoms with Gasteiger partial charge in [0, 0.05) is 33.1 Å². The number of carboxylic acids is 1. The number of nitrogens with one attached hydrogen (secondary N) is 1. The first-order valence-corrected chi connectivity index (χ1v) is 7.06. The second kappa shape index (κ2) is 8.46. The van der Waals surface area contributed by atoms with Crippen LogP contribution < -0.4 is 5.32 Å². The van der Waals surface area contributed by atoms with Gasteiger partial charge in [0.15, 0.2) is 0 Å². The summed E-state index contributed by atoms with van der Waals surface area (Å²) in [5, 5.41) is 11.3. The Bertz CT molecular complexity index is 388. The van der Waals surface area contributed by atoms with Gasteiger partial charge in [0.25, 0.3) is 0 Å². The molecule has 21 heavy (non-hydrogen) atoms. The highest BCUT2D eigenvalue weighted by Crippen LogP contribution is 2.10. The second-order valence-electron chi connectivity index (χ2n) is 4.88. The van der Waals surface area contributed by atoms with Crippen LogP contribution in [0.3, 0.4) is 0 Å². The normalized spacial score (nSPS) is 18.2. The van der Waals surface area contributed by atoms with Gasteiger partial charge in [-0.05, 0) is 13.3 Å². The Hall–Kier alpha value is -1.83. The number of nitrogens with zero attached hydrogens (tertiary/aromatic N) is 2. The maximum absolute atomic E-state index is 12.4. The Balaban J connectivity index is 2.59. The number of hydrogen-bond acceptors (Lipinski definition) is 4. The highest BCUT2D eigenvalue weighted by atomic mass is 16.5. The minimum Gasteiger partial charge on any atom is -0.481 e. The summed E-state index contributed by atoms with van der Waals surface area (Å²) < 4.78 is 5.27. The first-order chi connectivity index (χ1) is 9.97. The quantitative estimate of drug-likeness (QED) is 0.704. The topological polar surface area (TPSA) is 99.2 Å². The summed E-state index contributed by atoms with van der Waals surface area (Å²) in [7, 11) is 1.61. The minimum atomic E-state index is -0.887. The molecule has 0 aromatic rings. The lowest BCUT2D eigenvalue weighted by atomic mass is 10.2. The fraction of sp³-hybridized carbons (Fsp3) is 0.769. The lowest BCUT2D eigenvalue weighted by molar-refractivity contribution is -0.137. The van der Waals surface area contributed by atoms with Crippen molar-refractivity contribution >= 4 is 17.9 Å². The van der Waals surface area contributed by atoms with E-state index in [1.165, 1.54) is 9.80 Å². The van der Waals surface area contributed by atoms with Gasteiger partial charge in [-0.2, -0.15) is 0 Å². The maximum Gasteiger partial charge on any atom is 0.320 e. The van der Waals surface area contributed by atoms with Crippen LogP contribution in [0, 0.1) is 0 Å². The van der Waals surface area contributed by atoms with Crippen LogP contribution in [0.2, 0.25) is 0 Å². The highest BCUT2D eigenvalue weighted by molar-refractivity contribution is 5.87. The molecule has 1 atom stereocenters. The van der Waals surface area contributed by atoms with Gasteiger partial charge in [-0.15, -0.1) is 0 Å². The molecule has 120 valence electrons. The van der Waals surface area contributed by atoms with Crippen molar-refractivity contribution in [2.75, 3.05) is 39.9 Å². The zero-order chi connectivity index (χ0) is 15.8. The fourth-order valence-corrected chi connectivity index (χ4v) is 2.12. The number of rotatable bonds is 6. The summed E-state index contributed by atoms with van der Waals surface area (Å²) in [6, 6.07) is -0.909. The van der Waals surface area contributed by atoms with Gasteiger partial charge in [-0.3, -0.25) is 9.59 Å². The second-order valence-corrected chi connectivity index (χ2v) is 4.88. The van der Waals surface area contributed by atoms with E-state index < -0.39 is 12.0 Å². The molecule has 0 aromatic carbocycles. The standard InChI is InChI=1S/C13H23N3O5/c1-3-14-12(19)10-9-21-8-7-16(10)13(20)15(2)6-4-5-11(17)18/h10H,3-9H2,1-2H3,(H,14,19)(H,17,18). The summed E-state index contributed by atoms with van der Waals surface area (Å²) in [5.74, 6) is -1.12. The molecule has 2 N–H and O–H groups in total. The third-order valence-corrected chi connectivity index (χ3v) is 3.24. The van der Waals surface area contributed by atoms with Gasteiger partial charge in [0.2, 0.25) is 5.91 Å². The predicted octanol–water partition coefficient (Wildman–Crippen LogP) is -0.260. The fourth-order valence-electron chi connectivity index (χ4n) is 2.12. The first-order valence-electron chi connectivity index (χ1n) is 7.06. The molecule has 0 radical (unpaired) electrons. The minimum absolute atomic E-state index is 0.0144. The van der Waals surface area contributed by atoms with Crippen molar-refractivity contribution in [3.05, 3.63) is 0 Å². The third-order valence-electron chi connectivity index (χ3n) is 3.24. The van der Waals surface area contributed by atoms with Crippen molar-refractivity contribution < 1.29 is 24.2 Å². The molecule has 8 nitrogen and oxygen atoms in total. The Labute approximate surface area is 124 Å². The number of urea groups is 1. The molecule has 1 heterocycles. The predicted molar refractivity (Wildman–Crippen MR) is 74.9 cm³/mol. The molecular weight excluding hydrogens is 278 g/mol. The molecule has 0 aliphatic carbocycles. The number of morpholine rings is 1. The van der Waals surface area contributed by atoms with Gasteiger partial charge in [0.05, 0.1) is 13.2 Å². The van der Waals surface area contributed by atoms with E-state index in [2.05, 4.69) is 5.32 Å². The van der Waals surface area contributed by atoms with Crippen molar-refractivity contribution in [1.82, 2.24) is 15.1 Å². The van der Waals surface area contributed by atoms with E-state index in [0.29, 0.717) is 32.7 Å². The Morgan fingerprint density at radius 1 is 1.43 bits per heavy atom. The van der Waals surface area contributed by atoms with Crippen molar-refractivity contribution in [3.63, 3.8) is 0 Å². The average molecular weight is 301 g/mol. The monoisotopic (exact) mass is 301 g/mol. The molecule has 3 amide bonds. The number of amides is 3. The zero-order valence-corrected chi connectivity index (χ0v) is 12.5. The van der Waals surface area contributed by atoms with E-state index in [4.69, 9.17) is 9.84 Å². The number of likely N-dealkylation sites (N-methyl/N-ethyl adjacent to an activating group) is 1. The van der Waals surface area contributed by atoms with Crippen molar-refractivity contribution in [3.8, 4) is 0 Å². The Kier molecular flexibility index (Phi) is 6.93. The van der Waals surface area contributed by atoms with Crippen LogP contribution in [0.1, 0.15) is 19.8 Å². The van der Waals surface area contributed by atoms with Crippen LogP contribution in [-0.2, 0) is 14.3 Å². The molecule has 1 saturated heterocycles. The molecule has 0 aromatic heterocycles. The van der Waals surface area contributed by atoms with Gasteiger partial charge in [-0.25, -0.2) is 4.79 Å². The molecule has 1 rings (SSSR count). The molecule has 0 spiro atoms. The number of carboxylic acid groups (broad SMARTS) is 1. The molecule has 8 heteroatoms. The van der Waals surface area contributed by atoms with Gasteiger partial charge in [0.1, 0.15) is 6.04 Å². The highest BCUT2D eigenvalue weighted by Gasteiger charge is 2.33. The molecule has 0 bridgehead atoms. The molecule has 1 aliphatic rings. The van der Waals surface area contributed by atoms with Crippen LogP contribution in [0.4, 0.5) is 4.79 Å². The molecule has 1 fully saturated rings. The SMILES string of the molecule is CCNC(=O)C1COCCN1C(=O)N(C)CCCC(=O)O. The van der Waals surface area contributed by atoms with E-state index in [-0.39, 0.29) is 25.0 Å². The number of carbonyl (C=O) groups excluding carboxylic acids is 2. The molecule has 1 unspecified atom stereocenters. The van der Waals surface area contributed by atoms with Gasteiger partial charge in [-0.1, -0.05) is 0 Å². The summed E-state index contributed by atoms with van der Waals surface area (Å²) >= 11 is 0. The van der Waals surface area contributed by atoms with E-state index in [1.54, 1.807) is 7.05 Å². The zero-order valence-electron chi connectivity index (χ0n) is 12.5. The van der Waals surface area contributed by atoms with E-state index in [9.17, 15) is 14.4 Å². The van der Waals surface area contributed by atoms with Crippen LogP contribution >= 0.6 is 0 Å². The van der Waals surface area contributed by atoms with Crippen LogP contribution in [-0.4, -0.2) is 78.8 Å². The third kappa shape index (κ3) is 5.22. The van der Waals surface area contributed by atoms with E-state index in [1.807, 2.05) is 6.92 Å². The average Bonchev–Trinajstić information content (AvgIpc) is 2.46. The van der Waals surface area contributed by atoms with Crippen LogP contribution in [0.25, 0.3) is 0 Å². The largest absolute Gasteiger partial charge is 0.481 e. The summed E-state index contributed by atoms with van der Waals surface area (Å²) in [5.41, 5.74) is 0. The molecule has 0 saturated carbocycles. The van der Waals surface area contributed by atoms with Crippen molar-refractivity contribution in [1.29, 1.82) is 0 Å². The molecule has 1 aliphatic heterocycles. The van der Waals surface area contributed by atoms with E-state index in [0.717, 1.165) is 0 Å². The van der Waals surface area contributed by atoms with Gasteiger partial charge >= 0.3 is 12.0 Å². The summed E-state index contributed by atoms with van der Waals surface area (Å²) in [6.07, 6.45) is 0.397. The maximum atomic E-state index is 12.4. The number of carbonyl (C=O) groups is 3. The van der Waals surface area contributed by atoms with Crippen molar-refractivity contribution in [2.24, 2.45) is 0 Å². The lowest BCUT2D eigenvalue weighted by Gasteiger charge is -2.36. The molecular formula is C13H23N3O5. The number of ether oxygens (including phenoxy) is 1. The van der Waals surface area contributed by atoms with Crippen LogP contribution in [0.5, 0.6) is 0 Å². The van der Waals surface area contributed by atoms with E-state index >= 15 is 0 Å². The smallest absolute Gasteiger partial charge is 0.320 e. The first kappa shape index (κ1) is 17.2. The summed E-state index contributed by atoms with van der Waals surface area (Å²) in [6.45, 7) is 3.57. The number of aliphatic carboxylic acids is 1.